The number of hydrogen-bond donors (Lipinski definition) is 2. The molecule has 0 aliphatic carbocycles. The molecule has 2 heterocycles. The number of thiophene rings is 1. The van der Waals surface area contributed by atoms with Crippen LogP contribution in [-0.2, 0) is 6.54 Å². The van der Waals surface area contributed by atoms with Crippen LogP contribution in [0.1, 0.15) is 5.82 Å². The van der Waals surface area contributed by atoms with E-state index in [0.29, 0.717) is 11.6 Å². The Morgan fingerprint density at radius 3 is 2.89 bits per heavy atom. The molecule has 104 valence electrons. The van der Waals surface area contributed by atoms with Crippen LogP contribution >= 0.6 is 11.3 Å². The van der Waals surface area contributed by atoms with Crippen molar-refractivity contribution in [3.63, 3.8) is 0 Å². The van der Waals surface area contributed by atoms with E-state index in [9.17, 15) is 8.78 Å². The van der Waals surface area contributed by atoms with Crippen LogP contribution in [0.4, 0.5) is 14.6 Å². The smallest absolute Gasteiger partial charge is 0.251 e. The molecule has 5 nitrogen and oxygen atoms in total. The SMILES string of the molecule is Nc1nc(CN(CCO)CC(F)F)nc2sccc12. The van der Waals surface area contributed by atoms with Crippen molar-refractivity contribution in [3.05, 3.63) is 17.3 Å². The monoisotopic (exact) mass is 288 g/mol. The molecule has 0 amide bonds. The molecule has 19 heavy (non-hydrogen) atoms. The van der Waals surface area contributed by atoms with Gasteiger partial charge in [-0.25, -0.2) is 18.7 Å². The molecular weight excluding hydrogens is 274 g/mol. The highest BCUT2D eigenvalue weighted by Crippen LogP contribution is 2.23. The third-order valence-corrected chi connectivity index (χ3v) is 3.38. The molecule has 0 aliphatic heterocycles. The molecule has 0 radical (unpaired) electrons. The maximum absolute atomic E-state index is 12.4. The van der Waals surface area contributed by atoms with E-state index in [1.807, 2.05) is 11.4 Å². The minimum absolute atomic E-state index is 0.142. The van der Waals surface area contributed by atoms with Crippen LogP contribution in [0.5, 0.6) is 0 Å². The number of nitrogens with two attached hydrogens (primary N) is 1. The third kappa shape index (κ3) is 3.55. The maximum Gasteiger partial charge on any atom is 0.251 e. The second-order valence-corrected chi connectivity index (χ2v) is 4.91. The summed E-state index contributed by atoms with van der Waals surface area (Å²) >= 11 is 1.42. The van der Waals surface area contributed by atoms with Gasteiger partial charge in [0.05, 0.1) is 25.1 Å². The van der Waals surface area contributed by atoms with E-state index in [-0.39, 0.29) is 19.7 Å². The predicted octanol–water partition coefficient (Wildman–Crippen LogP) is 1.33. The summed E-state index contributed by atoms with van der Waals surface area (Å²) in [5.74, 6) is 0.740. The van der Waals surface area contributed by atoms with E-state index >= 15 is 0 Å². The lowest BCUT2D eigenvalue weighted by atomic mass is 10.3. The molecule has 2 aromatic rings. The molecule has 3 N–H and O–H groups in total. The molecule has 0 spiro atoms. The zero-order valence-corrected chi connectivity index (χ0v) is 10.9. The molecule has 0 saturated carbocycles. The Hall–Kier alpha value is -1.38. The Labute approximate surface area is 112 Å². The van der Waals surface area contributed by atoms with Crippen LogP contribution < -0.4 is 5.73 Å². The van der Waals surface area contributed by atoms with E-state index in [0.717, 1.165) is 10.2 Å². The summed E-state index contributed by atoms with van der Waals surface area (Å²) in [7, 11) is 0. The van der Waals surface area contributed by atoms with Gasteiger partial charge in [-0.3, -0.25) is 4.90 Å². The molecule has 8 heteroatoms. The van der Waals surface area contributed by atoms with Crippen molar-refractivity contribution in [1.82, 2.24) is 14.9 Å². The van der Waals surface area contributed by atoms with E-state index in [2.05, 4.69) is 9.97 Å². The molecule has 0 bridgehead atoms. The Balaban J connectivity index is 2.18. The van der Waals surface area contributed by atoms with Crippen LogP contribution in [-0.4, -0.2) is 46.1 Å². The summed E-state index contributed by atoms with van der Waals surface area (Å²) in [6.07, 6.45) is -2.46. The Morgan fingerprint density at radius 1 is 1.42 bits per heavy atom. The highest BCUT2D eigenvalue weighted by molar-refractivity contribution is 7.16. The number of hydrogen-bond acceptors (Lipinski definition) is 6. The van der Waals surface area contributed by atoms with Crippen LogP contribution in [0, 0.1) is 0 Å². The lowest BCUT2D eigenvalue weighted by Crippen LogP contribution is -2.32. The molecule has 0 fully saturated rings. The fraction of sp³-hybridized carbons (Fsp3) is 0.455. The Bertz CT molecular complexity index is 548. The molecule has 0 aliphatic rings. The summed E-state index contributed by atoms with van der Waals surface area (Å²) < 4.78 is 24.8. The molecule has 0 saturated heterocycles. The van der Waals surface area contributed by atoms with Gasteiger partial charge in [0.25, 0.3) is 6.43 Å². The van der Waals surface area contributed by atoms with Gasteiger partial charge in [-0.15, -0.1) is 11.3 Å². The summed E-state index contributed by atoms with van der Waals surface area (Å²) in [4.78, 5) is 10.5. The van der Waals surface area contributed by atoms with E-state index in [4.69, 9.17) is 10.8 Å². The normalized spacial score (nSPS) is 11.8. The number of rotatable bonds is 6. The molecule has 2 aromatic heterocycles. The molecule has 0 unspecified atom stereocenters. The van der Waals surface area contributed by atoms with Gasteiger partial charge >= 0.3 is 0 Å². The summed E-state index contributed by atoms with van der Waals surface area (Å²) in [5.41, 5.74) is 5.79. The van der Waals surface area contributed by atoms with Gasteiger partial charge < -0.3 is 10.8 Å². The summed E-state index contributed by atoms with van der Waals surface area (Å²) in [6.45, 7) is -0.325. The first kappa shape index (κ1) is 14.0. The second kappa shape index (κ2) is 6.18. The van der Waals surface area contributed by atoms with Crippen LogP contribution in [0.25, 0.3) is 10.2 Å². The lowest BCUT2D eigenvalue weighted by Gasteiger charge is -2.19. The van der Waals surface area contributed by atoms with Crippen molar-refractivity contribution < 1.29 is 13.9 Å². The number of halogens is 2. The van der Waals surface area contributed by atoms with Gasteiger partial charge in [0, 0.05) is 6.54 Å². The number of aliphatic hydroxyl groups excluding tert-OH is 1. The maximum atomic E-state index is 12.4. The van der Waals surface area contributed by atoms with E-state index in [1.54, 1.807) is 0 Å². The number of anilines is 1. The van der Waals surface area contributed by atoms with Gasteiger partial charge in [0.2, 0.25) is 0 Å². The van der Waals surface area contributed by atoms with Crippen molar-refractivity contribution in [2.24, 2.45) is 0 Å². The van der Waals surface area contributed by atoms with Gasteiger partial charge in [-0.2, -0.15) is 0 Å². The minimum atomic E-state index is -2.46. The van der Waals surface area contributed by atoms with Gasteiger partial charge in [0.1, 0.15) is 16.5 Å². The average molecular weight is 288 g/mol. The number of alkyl halides is 2. The average Bonchev–Trinajstić information content (AvgIpc) is 2.77. The first-order valence-corrected chi connectivity index (χ1v) is 6.59. The fourth-order valence-electron chi connectivity index (χ4n) is 1.77. The molecule has 2 rings (SSSR count). The summed E-state index contributed by atoms with van der Waals surface area (Å²) in [6, 6.07) is 1.82. The van der Waals surface area contributed by atoms with Gasteiger partial charge in [-0.05, 0) is 11.4 Å². The predicted molar refractivity (Wildman–Crippen MR) is 70.2 cm³/mol. The van der Waals surface area contributed by atoms with Crippen LogP contribution in [0.2, 0.25) is 0 Å². The van der Waals surface area contributed by atoms with Crippen LogP contribution in [0.3, 0.4) is 0 Å². The zero-order chi connectivity index (χ0) is 13.8. The number of aromatic nitrogens is 2. The number of nitrogen functional groups attached to an aromatic ring is 1. The zero-order valence-electron chi connectivity index (χ0n) is 10.1. The standard InChI is InChI=1S/C11H14F2N4OS/c12-8(13)5-17(2-3-18)6-9-15-10(14)7-1-4-19-11(7)16-9/h1,4,8,18H,2-3,5-6H2,(H2,14,15,16). The van der Waals surface area contributed by atoms with E-state index < -0.39 is 13.0 Å². The fourth-order valence-corrected chi connectivity index (χ4v) is 2.56. The van der Waals surface area contributed by atoms with Crippen molar-refractivity contribution in [1.29, 1.82) is 0 Å². The third-order valence-electron chi connectivity index (χ3n) is 2.58. The number of fused-ring (bicyclic) bond motifs is 1. The van der Waals surface area contributed by atoms with Crippen molar-refractivity contribution in [2.45, 2.75) is 13.0 Å². The number of nitrogens with zero attached hydrogens (tertiary/aromatic N) is 3. The topological polar surface area (TPSA) is 75.3 Å². The first-order chi connectivity index (χ1) is 9.10. The molecular formula is C11H14F2N4OS. The highest BCUT2D eigenvalue weighted by Gasteiger charge is 2.15. The second-order valence-electron chi connectivity index (χ2n) is 4.01. The largest absolute Gasteiger partial charge is 0.395 e. The van der Waals surface area contributed by atoms with Crippen molar-refractivity contribution in [3.8, 4) is 0 Å². The quantitative estimate of drug-likeness (QED) is 0.839. The van der Waals surface area contributed by atoms with Gasteiger partial charge in [0.15, 0.2) is 0 Å². The van der Waals surface area contributed by atoms with Crippen molar-refractivity contribution >= 4 is 27.4 Å². The Kier molecular flexibility index (Phi) is 4.56. The lowest BCUT2D eigenvalue weighted by molar-refractivity contribution is 0.0734. The molecule has 0 aromatic carbocycles. The van der Waals surface area contributed by atoms with Crippen LogP contribution in [0.15, 0.2) is 11.4 Å². The highest BCUT2D eigenvalue weighted by atomic mass is 32.1. The summed E-state index contributed by atoms with van der Waals surface area (Å²) in [5, 5.41) is 11.5. The van der Waals surface area contributed by atoms with Crippen molar-refractivity contribution in [2.75, 3.05) is 25.4 Å². The first-order valence-electron chi connectivity index (χ1n) is 5.71. The minimum Gasteiger partial charge on any atom is -0.395 e. The Morgan fingerprint density at radius 2 is 2.21 bits per heavy atom. The molecule has 0 atom stereocenters. The van der Waals surface area contributed by atoms with E-state index in [1.165, 1.54) is 16.2 Å². The van der Waals surface area contributed by atoms with Gasteiger partial charge in [-0.1, -0.05) is 0 Å². The number of aliphatic hydroxyl groups is 1.